The van der Waals surface area contributed by atoms with Gasteiger partial charge in [-0.2, -0.15) is 0 Å². The molecule has 0 saturated heterocycles. The quantitative estimate of drug-likeness (QED) is 0.139. The molecule has 0 unspecified atom stereocenters. The molecule has 0 aliphatic heterocycles. The Bertz CT molecular complexity index is 2830. The number of hydrogen-bond donors (Lipinski definition) is 0. The minimum Gasteiger partial charge on any atom is -0.456 e. The van der Waals surface area contributed by atoms with Crippen LogP contribution in [0, 0.1) is 0 Å². The molecule has 0 atom stereocenters. The fraction of sp³-hybridized carbons (Fsp3) is 0. The van der Waals surface area contributed by atoms with Gasteiger partial charge in [0.25, 0.3) is 0 Å². The molecule has 0 bridgehead atoms. The third-order valence-electron chi connectivity index (χ3n) is 9.72. The molecule has 4 nitrogen and oxygen atoms in total. The molecule has 4 heteroatoms. The minimum atomic E-state index is 0.753. The van der Waals surface area contributed by atoms with Crippen molar-refractivity contribution in [1.29, 1.82) is 0 Å². The van der Waals surface area contributed by atoms with Crippen LogP contribution in [0.15, 0.2) is 176 Å². The number of nitrogens with zero attached hydrogens (tertiary/aromatic N) is 3. The predicted molar refractivity (Wildman–Crippen MR) is 206 cm³/mol. The number of imidazole rings is 1. The van der Waals surface area contributed by atoms with E-state index in [9.17, 15) is 0 Å². The maximum absolute atomic E-state index is 6.86. The lowest BCUT2D eigenvalue weighted by Gasteiger charge is -2.19. The molecule has 8 aromatic carbocycles. The number of fused-ring (bicyclic) bond motifs is 6. The van der Waals surface area contributed by atoms with Gasteiger partial charge >= 0.3 is 0 Å². The van der Waals surface area contributed by atoms with E-state index in [-0.39, 0.29) is 0 Å². The van der Waals surface area contributed by atoms with Crippen molar-refractivity contribution in [2.24, 2.45) is 0 Å². The zero-order valence-corrected chi connectivity index (χ0v) is 27.0. The standard InChI is InChI=1S/C46H29N3O/c1-2-13-32(14-3-1)49-43-21-11-10-20-42(43)48-46(49)30-22-24-33(25-23-30)50-45-38-19-9-8-18-37(38)44(41-29-47-27-26-39(41)45)40-28-31-12-4-5-15-34(31)35-16-6-7-17-36(35)40/h1-29H. The van der Waals surface area contributed by atoms with Gasteiger partial charge in [-0.1, -0.05) is 103 Å². The van der Waals surface area contributed by atoms with Gasteiger partial charge in [0, 0.05) is 39.8 Å². The first-order valence-corrected chi connectivity index (χ1v) is 16.8. The Morgan fingerprint density at radius 3 is 2.00 bits per heavy atom. The number of rotatable bonds is 5. The van der Waals surface area contributed by atoms with Crippen LogP contribution in [-0.2, 0) is 0 Å². The number of para-hydroxylation sites is 3. The molecule has 0 aliphatic carbocycles. The van der Waals surface area contributed by atoms with Crippen molar-refractivity contribution in [2.45, 2.75) is 0 Å². The third kappa shape index (κ3) is 4.46. The van der Waals surface area contributed by atoms with Crippen molar-refractivity contribution in [2.75, 3.05) is 0 Å². The molecule has 0 radical (unpaired) electrons. The topological polar surface area (TPSA) is 39.9 Å². The summed E-state index contributed by atoms with van der Waals surface area (Å²) in [5, 5.41) is 9.15. The third-order valence-corrected chi connectivity index (χ3v) is 9.72. The second kappa shape index (κ2) is 11.4. The molecule has 0 aliphatic rings. The lowest BCUT2D eigenvalue weighted by molar-refractivity contribution is 0.494. The zero-order valence-electron chi connectivity index (χ0n) is 27.0. The SMILES string of the molecule is c1ccc(-n2c(-c3ccc(Oc4c5ccccc5c(-c5cc6ccccc6c6ccccc56)c5cnccc45)cc3)nc3ccccc32)cc1. The Morgan fingerprint density at radius 1 is 0.500 bits per heavy atom. The summed E-state index contributed by atoms with van der Waals surface area (Å²) < 4.78 is 9.08. The molecule has 234 valence electrons. The van der Waals surface area contributed by atoms with Gasteiger partial charge in [-0.15, -0.1) is 0 Å². The highest BCUT2D eigenvalue weighted by atomic mass is 16.5. The van der Waals surface area contributed by atoms with Crippen molar-refractivity contribution < 1.29 is 4.74 Å². The Labute approximate surface area is 288 Å². The van der Waals surface area contributed by atoms with Crippen molar-refractivity contribution in [3.63, 3.8) is 0 Å². The van der Waals surface area contributed by atoms with Crippen molar-refractivity contribution in [3.8, 4) is 39.7 Å². The first-order chi connectivity index (χ1) is 24.8. The average Bonchev–Trinajstić information content (AvgIpc) is 3.58. The molecule has 0 spiro atoms. The van der Waals surface area contributed by atoms with Crippen LogP contribution < -0.4 is 4.74 Å². The van der Waals surface area contributed by atoms with E-state index in [1.807, 2.05) is 36.7 Å². The molecule has 2 aromatic heterocycles. The normalized spacial score (nSPS) is 11.6. The molecule has 50 heavy (non-hydrogen) atoms. The molecule has 0 N–H and O–H groups in total. The second-order valence-corrected chi connectivity index (χ2v) is 12.6. The van der Waals surface area contributed by atoms with E-state index in [2.05, 4.69) is 149 Å². The van der Waals surface area contributed by atoms with E-state index >= 15 is 0 Å². The largest absolute Gasteiger partial charge is 0.456 e. The molecular weight excluding hydrogens is 611 g/mol. The van der Waals surface area contributed by atoms with Crippen LogP contribution in [0.4, 0.5) is 0 Å². The number of ether oxygens (including phenoxy) is 1. The fourth-order valence-electron chi connectivity index (χ4n) is 7.49. The van der Waals surface area contributed by atoms with Gasteiger partial charge in [-0.25, -0.2) is 4.98 Å². The zero-order chi connectivity index (χ0) is 33.0. The molecule has 0 amide bonds. The van der Waals surface area contributed by atoms with E-state index in [1.165, 1.54) is 27.1 Å². The van der Waals surface area contributed by atoms with Crippen LogP contribution in [-0.4, -0.2) is 14.5 Å². The average molecular weight is 640 g/mol. The number of pyridine rings is 1. The Morgan fingerprint density at radius 2 is 1.16 bits per heavy atom. The number of aromatic nitrogens is 3. The first kappa shape index (κ1) is 28.3. The summed E-state index contributed by atoms with van der Waals surface area (Å²) in [6, 6.07) is 57.2. The van der Waals surface area contributed by atoms with Crippen LogP contribution in [0.5, 0.6) is 11.5 Å². The van der Waals surface area contributed by atoms with Crippen molar-refractivity contribution in [1.82, 2.24) is 14.5 Å². The van der Waals surface area contributed by atoms with Crippen LogP contribution in [0.3, 0.4) is 0 Å². The predicted octanol–water partition coefficient (Wildman–Crippen LogP) is 12.2. The molecule has 0 fully saturated rings. The molecule has 10 aromatic rings. The van der Waals surface area contributed by atoms with E-state index in [0.717, 1.165) is 66.7 Å². The van der Waals surface area contributed by atoms with Gasteiger partial charge in [0.1, 0.15) is 17.3 Å². The van der Waals surface area contributed by atoms with E-state index in [1.54, 1.807) is 0 Å². The minimum absolute atomic E-state index is 0.753. The summed E-state index contributed by atoms with van der Waals surface area (Å²) in [6.07, 6.45) is 3.83. The highest BCUT2D eigenvalue weighted by molar-refractivity contribution is 6.23. The highest BCUT2D eigenvalue weighted by Crippen LogP contribution is 2.47. The van der Waals surface area contributed by atoms with Crippen molar-refractivity contribution >= 4 is 54.1 Å². The van der Waals surface area contributed by atoms with Gasteiger partial charge in [-0.05, 0) is 98.7 Å². The summed E-state index contributed by atoms with van der Waals surface area (Å²) in [4.78, 5) is 9.68. The first-order valence-electron chi connectivity index (χ1n) is 16.8. The van der Waals surface area contributed by atoms with Gasteiger partial charge in [-0.3, -0.25) is 9.55 Å². The van der Waals surface area contributed by atoms with Crippen LogP contribution in [0.25, 0.3) is 82.3 Å². The summed E-state index contributed by atoms with van der Waals surface area (Å²) in [7, 11) is 0. The molecule has 10 rings (SSSR count). The summed E-state index contributed by atoms with van der Waals surface area (Å²) >= 11 is 0. The molecule has 2 heterocycles. The lowest BCUT2D eigenvalue weighted by Crippen LogP contribution is -1.97. The fourth-order valence-corrected chi connectivity index (χ4v) is 7.49. The summed E-state index contributed by atoms with van der Waals surface area (Å²) in [5.41, 5.74) is 6.45. The second-order valence-electron chi connectivity index (χ2n) is 12.6. The van der Waals surface area contributed by atoms with Gasteiger partial charge in [0.2, 0.25) is 0 Å². The van der Waals surface area contributed by atoms with Crippen LogP contribution in [0.1, 0.15) is 0 Å². The monoisotopic (exact) mass is 639 g/mol. The smallest absolute Gasteiger partial charge is 0.145 e. The molecular formula is C46H29N3O. The maximum Gasteiger partial charge on any atom is 0.145 e. The number of hydrogen-bond acceptors (Lipinski definition) is 3. The number of benzene rings is 8. The van der Waals surface area contributed by atoms with E-state index < -0.39 is 0 Å². The van der Waals surface area contributed by atoms with Crippen molar-refractivity contribution in [3.05, 3.63) is 176 Å². The highest BCUT2D eigenvalue weighted by Gasteiger charge is 2.20. The Kier molecular flexibility index (Phi) is 6.46. The van der Waals surface area contributed by atoms with Crippen LogP contribution in [0.2, 0.25) is 0 Å². The Balaban J connectivity index is 1.13. The van der Waals surface area contributed by atoms with E-state index in [0.29, 0.717) is 0 Å². The van der Waals surface area contributed by atoms with Gasteiger partial charge < -0.3 is 4.74 Å². The van der Waals surface area contributed by atoms with Gasteiger partial charge in [0.15, 0.2) is 0 Å². The lowest BCUT2D eigenvalue weighted by atomic mass is 9.87. The summed E-state index contributed by atoms with van der Waals surface area (Å²) in [6.45, 7) is 0. The van der Waals surface area contributed by atoms with Crippen LogP contribution >= 0.6 is 0 Å². The summed E-state index contributed by atoms with van der Waals surface area (Å²) in [5.74, 6) is 2.46. The van der Waals surface area contributed by atoms with E-state index in [4.69, 9.17) is 9.72 Å². The Hall–Kier alpha value is -6.78. The molecule has 0 saturated carbocycles. The maximum atomic E-state index is 6.86. The van der Waals surface area contributed by atoms with Gasteiger partial charge in [0.05, 0.1) is 11.0 Å².